The van der Waals surface area contributed by atoms with Crippen LogP contribution < -0.4 is 0 Å². The zero-order chi connectivity index (χ0) is 19.2. The minimum Gasteiger partial charge on any atom is -0.334 e. The summed E-state index contributed by atoms with van der Waals surface area (Å²) in [5.41, 5.74) is 1.48. The summed E-state index contributed by atoms with van der Waals surface area (Å²) in [6.45, 7) is 4.59. The van der Waals surface area contributed by atoms with Gasteiger partial charge in [-0.1, -0.05) is 102 Å². The van der Waals surface area contributed by atoms with Gasteiger partial charge in [0.25, 0.3) is 0 Å². The molecule has 0 saturated carbocycles. The van der Waals surface area contributed by atoms with Crippen molar-refractivity contribution in [3.63, 3.8) is 0 Å². The van der Waals surface area contributed by atoms with Crippen molar-refractivity contribution < 1.29 is 0 Å². The molecule has 150 valence electrons. The van der Waals surface area contributed by atoms with Crippen molar-refractivity contribution >= 4 is 0 Å². The van der Waals surface area contributed by atoms with Crippen LogP contribution in [0.15, 0.2) is 49.1 Å². The molecular formula is C25H40N2. The Morgan fingerprint density at radius 2 is 1.48 bits per heavy atom. The van der Waals surface area contributed by atoms with Crippen molar-refractivity contribution in [2.24, 2.45) is 5.92 Å². The predicted molar refractivity (Wildman–Crippen MR) is 117 cm³/mol. The Bertz CT molecular complexity index is 561. The molecule has 1 aromatic carbocycles. The number of hydrogen-bond donors (Lipinski definition) is 0. The summed E-state index contributed by atoms with van der Waals surface area (Å²) in [7, 11) is 0. The van der Waals surface area contributed by atoms with Crippen molar-refractivity contribution in [3.8, 4) is 0 Å². The normalized spacial score (nSPS) is 13.6. The van der Waals surface area contributed by atoms with Crippen LogP contribution in [0.1, 0.15) is 96.1 Å². The van der Waals surface area contributed by atoms with Gasteiger partial charge in [0.15, 0.2) is 0 Å². The number of imidazole rings is 1. The molecule has 0 N–H and O–H groups in total. The lowest BCUT2D eigenvalue weighted by Gasteiger charge is -2.29. The van der Waals surface area contributed by atoms with Crippen LogP contribution in [0, 0.1) is 5.92 Å². The molecule has 1 aromatic heterocycles. The largest absolute Gasteiger partial charge is 0.334 e. The van der Waals surface area contributed by atoms with E-state index in [1.807, 2.05) is 12.5 Å². The van der Waals surface area contributed by atoms with Crippen molar-refractivity contribution in [2.75, 3.05) is 0 Å². The van der Waals surface area contributed by atoms with Crippen LogP contribution in [0.25, 0.3) is 0 Å². The van der Waals surface area contributed by atoms with E-state index in [0.29, 0.717) is 12.0 Å². The van der Waals surface area contributed by atoms with Crippen LogP contribution in [0.3, 0.4) is 0 Å². The van der Waals surface area contributed by atoms with E-state index < -0.39 is 0 Å². The number of benzene rings is 1. The molecule has 2 nitrogen and oxygen atoms in total. The second kappa shape index (κ2) is 13.6. The summed E-state index contributed by atoms with van der Waals surface area (Å²) in [6.07, 6.45) is 22.1. The van der Waals surface area contributed by atoms with Gasteiger partial charge in [0.2, 0.25) is 0 Å². The minimum absolute atomic E-state index is 0.580. The zero-order valence-electron chi connectivity index (χ0n) is 17.7. The van der Waals surface area contributed by atoms with Crippen LogP contribution in [0.5, 0.6) is 0 Å². The SMILES string of the molecule is CCCCCCCC(C(CCCCCC)Cc1ccccc1)n1ccnc1. The molecule has 2 heteroatoms. The monoisotopic (exact) mass is 368 g/mol. The number of aromatic nitrogens is 2. The summed E-state index contributed by atoms with van der Waals surface area (Å²) < 4.78 is 2.40. The van der Waals surface area contributed by atoms with Gasteiger partial charge in [-0.15, -0.1) is 0 Å². The molecule has 0 aliphatic heterocycles. The van der Waals surface area contributed by atoms with Gasteiger partial charge < -0.3 is 4.57 Å². The molecule has 0 radical (unpaired) electrons. The Labute approximate surface area is 167 Å². The maximum atomic E-state index is 4.36. The van der Waals surface area contributed by atoms with E-state index in [2.05, 4.69) is 59.9 Å². The average molecular weight is 369 g/mol. The van der Waals surface area contributed by atoms with Gasteiger partial charge >= 0.3 is 0 Å². The topological polar surface area (TPSA) is 17.8 Å². The molecule has 27 heavy (non-hydrogen) atoms. The van der Waals surface area contributed by atoms with Crippen molar-refractivity contribution in [1.29, 1.82) is 0 Å². The van der Waals surface area contributed by atoms with Crippen LogP contribution in [0.2, 0.25) is 0 Å². The van der Waals surface area contributed by atoms with Gasteiger partial charge in [0.05, 0.1) is 6.33 Å². The fraction of sp³-hybridized carbons (Fsp3) is 0.640. The van der Waals surface area contributed by atoms with Crippen LogP contribution in [-0.4, -0.2) is 9.55 Å². The molecule has 0 aliphatic carbocycles. The highest BCUT2D eigenvalue weighted by Crippen LogP contribution is 2.32. The van der Waals surface area contributed by atoms with Gasteiger partial charge in [-0.05, 0) is 30.7 Å². The predicted octanol–water partition coefficient (Wildman–Crippen LogP) is 7.61. The molecule has 0 aliphatic rings. The quantitative estimate of drug-likeness (QED) is 0.296. The molecular weight excluding hydrogens is 328 g/mol. The van der Waals surface area contributed by atoms with Gasteiger partial charge in [0.1, 0.15) is 0 Å². The molecule has 0 amide bonds. The number of rotatable bonds is 15. The molecule has 0 spiro atoms. The number of nitrogens with zero attached hydrogens (tertiary/aromatic N) is 2. The van der Waals surface area contributed by atoms with Gasteiger partial charge in [0, 0.05) is 18.4 Å². The van der Waals surface area contributed by atoms with Gasteiger partial charge in [-0.2, -0.15) is 0 Å². The van der Waals surface area contributed by atoms with E-state index in [4.69, 9.17) is 0 Å². The van der Waals surface area contributed by atoms with Gasteiger partial charge in [-0.25, -0.2) is 4.98 Å². The second-order valence-electron chi connectivity index (χ2n) is 8.08. The third kappa shape index (κ3) is 8.32. The second-order valence-corrected chi connectivity index (χ2v) is 8.08. The summed E-state index contributed by atoms with van der Waals surface area (Å²) >= 11 is 0. The van der Waals surface area contributed by atoms with Crippen molar-refractivity contribution in [3.05, 3.63) is 54.6 Å². The number of unbranched alkanes of at least 4 members (excludes halogenated alkanes) is 7. The van der Waals surface area contributed by atoms with Gasteiger partial charge in [-0.3, -0.25) is 0 Å². The Kier molecular flexibility index (Phi) is 10.9. The summed E-state index contributed by atoms with van der Waals surface area (Å²) in [4.78, 5) is 4.36. The first-order valence-corrected chi connectivity index (χ1v) is 11.4. The lowest BCUT2D eigenvalue weighted by Crippen LogP contribution is -2.21. The Hall–Kier alpha value is -1.57. The smallest absolute Gasteiger partial charge is 0.0948 e. The standard InChI is InChI=1S/C25H40N2/c1-3-5-7-9-14-18-25(27-20-19-26-22-27)24(17-13-8-6-4-2)21-23-15-11-10-12-16-23/h10-12,15-16,19-20,22,24-25H,3-9,13-14,17-18,21H2,1-2H3. The zero-order valence-corrected chi connectivity index (χ0v) is 17.7. The average Bonchev–Trinajstić information content (AvgIpc) is 3.22. The maximum Gasteiger partial charge on any atom is 0.0948 e. The van der Waals surface area contributed by atoms with Crippen molar-refractivity contribution in [1.82, 2.24) is 9.55 Å². The molecule has 2 rings (SSSR count). The van der Waals surface area contributed by atoms with E-state index in [9.17, 15) is 0 Å². The van der Waals surface area contributed by atoms with Crippen molar-refractivity contribution in [2.45, 2.75) is 96.9 Å². The first-order chi connectivity index (χ1) is 13.3. The molecule has 2 aromatic rings. The highest BCUT2D eigenvalue weighted by Gasteiger charge is 2.22. The molecule has 2 atom stereocenters. The Balaban J connectivity index is 2.04. The van der Waals surface area contributed by atoms with E-state index in [1.54, 1.807) is 0 Å². The minimum atomic E-state index is 0.580. The first-order valence-electron chi connectivity index (χ1n) is 11.4. The molecule has 0 fully saturated rings. The van der Waals surface area contributed by atoms with E-state index in [1.165, 1.54) is 82.6 Å². The molecule has 1 heterocycles. The Morgan fingerprint density at radius 1 is 0.815 bits per heavy atom. The highest BCUT2D eigenvalue weighted by atomic mass is 15.1. The third-order valence-electron chi connectivity index (χ3n) is 5.82. The summed E-state index contributed by atoms with van der Waals surface area (Å²) in [5.74, 6) is 0.699. The maximum absolute atomic E-state index is 4.36. The summed E-state index contributed by atoms with van der Waals surface area (Å²) in [5, 5.41) is 0. The Morgan fingerprint density at radius 3 is 2.15 bits per heavy atom. The fourth-order valence-electron chi connectivity index (χ4n) is 4.23. The van der Waals surface area contributed by atoms with E-state index >= 15 is 0 Å². The molecule has 0 saturated heterocycles. The lowest BCUT2D eigenvalue weighted by atomic mass is 9.84. The van der Waals surface area contributed by atoms with E-state index in [-0.39, 0.29) is 0 Å². The van der Waals surface area contributed by atoms with E-state index in [0.717, 1.165) is 0 Å². The fourth-order valence-corrected chi connectivity index (χ4v) is 4.23. The first kappa shape index (κ1) is 21.7. The van der Waals surface area contributed by atoms with Crippen LogP contribution >= 0.6 is 0 Å². The lowest BCUT2D eigenvalue weighted by molar-refractivity contribution is 0.275. The summed E-state index contributed by atoms with van der Waals surface area (Å²) in [6, 6.07) is 11.7. The van der Waals surface area contributed by atoms with Crippen LogP contribution in [-0.2, 0) is 6.42 Å². The van der Waals surface area contributed by atoms with Crippen LogP contribution in [0.4, 0.5) is 0 Å². The molecule has 0 bridgehead atoms. The number of hydrogen-bond acceptors (Lipinski definition) is 1. The third-order valence-corrected chi connectivity index (χ3v) is 5.82. The highest BCUT2D eigenvalue weighted by molar-refractivity contribution is 5.15. The molecule has 2 unspecified atom stereocenters.